The lowest BCUT2D eigenvalue weighted by Gasteiger charge is -2.07. The van der Waals surface area contributed by atoms with Gasteiger partial charge >= 0.3 is 0 Å². The van der Waals surface area contributed by atoms with Crippen molar-refractivity contribution in [2.45, 2.75) is 4.90 Å². The van der Waals surface area contributed by atoms with Gasteiger partial charge in [-0.1, -0.05) is 24.3 Å². The monoisotopic (exact) mass is 411 g/mol. The van der Waals surface area contributed by atoms with Crippen molar-refractivity contribution >= 4 is 33.2 Å². The van der Waals surface area contributed by atoms with Gasteiger partial charge in [0.1, 0.15) is 17.5 Å². The summed E-state index contributed by atoms with van der Waals surface area (Å²) in [5.41, 5.74) is 2.70. The molecule has 0 amide bonds. The van der Waals surface area contributed by atoms with E-state index >= 15 is 0 Å². The van der Waals surface area contributed by atoms with E-state index in [-0.39, 0.29) is 10.5 Å². The highest BCUT2D eigenvalue weighted by Gasteiger charge is 2.15. The molecule has 4 rings (SSSR count). The van der Waals surface area contributed by atoms with E-state index in [0.717, 1.165) is 6.07 Å². The average molecular weight is 411 g/mol. The van der Waals surface area contributed by atoms with Gasteiger partial charge in [0, 0.05) is 17.2 Å². The number of imidazole rings is 1. The molecular formula is C21H15F2N3O2S. The van der Waals surface area contributed by atoms with Crippen LogP contribution in [-0.4, -0.2) is 18.4 Å². The maximum Gasteiger partial charge on any atom is 0.238 e. The number of rotatable bonds is 4. The number of nitrogens with one attached hydrogen (secondary N) is 1. The number of hydrogen-bond acceptors (Lipinski definition) is 3. The Bertz CT molecular complexity index is 1360. The van der Waals surface area contributed by atoms with Crippen LogP contribution >= 0.6 is 0 Å². The molecule has 0 atom stereocenters. The molecule has 0 saturated heterocycles. The van der Waals surface area contributed by atoms with E-state index in [9.17, 15) is 17.2 Å². The van der Waals surface area contributed by atoms with Crippen molar-refractivity contribution in [3.63, 3.8) is 0 Å². The number of primary sulfonamides is 1. The number of H-pyrrole nitrogens is 1. The molecule has 5 nitrogen and oxygen atoms in total. The molecule has 0 fully saturated rings. The predicted octanol–water partition coefficient (Wildman–Crippen LogP) is 4.33. The quantitative estimate of drug-likeness (QED) is 0.524. The third kappa shape index (κ3) is 3.94. The van der Waals surface area contributed by atoms with Crippen LogP contribution in [0.4, 0.5) is 8.78 Å². The van der Waals surface area contributed by atoms with E-state index in [1.807, 2.05) is 0 Å². The number of aromatic amines is 1. The second-order valence-electron chi connectivity index (χ2n) is 6.39. The summed E-state index contributed by atoms with van der Waals surface area (Å²) in [4.78, 5) is 7.52. The van der Waals surface area contributed by atoms with Crippen molar-refractivity contribution in [1.29, 1.82) is 0 Å². The average Bonchev–Trinajstić information content (AvgIpc) is 3.08. The standard InChI is InChI=1S/C21H15F2N3O2S/c22-15-8-5-13(17(23)12-15)7-10-21-25-18-9-6-14(11-19(18)26-21)16-3-1-2-4-20(16)29(24,27)28/h1-12H,(H,25,26)(H2,24,27,28). The van der Waals surface area contributed by atoms with Crippen LogP contribution in [0.3, 0.4) is 0 Å². The van der Waals surface area contributed by atoms with Crippen LogP contribution in [0.1, 0.15) is 11.4 Å². The predicted molar refractivity (Wildman–Crippen MR) is 108 cm³/mol. The SMILES string of the molecule is NS(=O)(=O)c1ccccc1-c1ccc2nc(C=Cc3ccc(F)cc3F)[nH]c2c1. The van der Waals surface area contributed by atoms with Gasteiger partial charge in [-0.25, -0.2) is 27.3 Å². The van der Waals surface area contributed by atoms with Crippen LogP contribution in [0.15, 0.2) is 65.6 Å². The third-order valence-electron chi connectivity index (χ3n) is 4.39. The molecule has 0 spiro atoms. The Morgan fingerprint density at radius 3 is 2.52 bits per heavy atom. The Hall–Kier alpha value is -3.36. The van der Waals surface area contributed by atoms with E-state index in [2.05, 4.69) is 9.97 Å². The molecule has 0 saturated carbocycles. The number of hydrogen-bond donors (Lipinski definition) is 2. The number of sulfonamides is 1. The summed E-state index contributed by atoms with van der Waals surface area (Å²) in [5, 5.41) is 5.32. The van der Waals surface area contributed by atoms with Crippen molar-refractivity contribution in [2.24, 2.45) is 5.14 Å². The highest BCUT2D eigenvalue weighted by molar-refractivity contribution is 7.89. The molecule has 0 aliphatic carbocycles. The molecule has 3 aromatic carbocycles. The lowest BCUT2D eigenvalue weighted by molar-refractivity contribution is 0.581. The van der Waals surface area contributed by atoms with E-state index in [0.29, 0.717) is 28.0 Å². The van der Waals surface area contributed by atoms with E-state index in [4.69, 9.17) is 5.14 Å². The second-order valence-corrected chi connectivity index (χ2v) is 7.92. The van der Waals surface area contributed by atoms with Gasteiger partial charge in [0.05, 0.1) is 15.9 Å². The zero-order chi connectivity index (χ0) is 20.6. The number of nitrogens with two attached hydrogens (primary N) is 1. The van der Waals surface area contributed by atoms with Crippen LogP contribution in [0, 0.1) is 11.6 Å². The Morgan fingerprint density at radius 2 is 1.76 bits per heavy atom. The molecule has 0 aliphatic heterocycles. The highest BCUT2D eigenvalue weighted by atomic mass is 32.2. The fourth-order valence-electron chi connectivity index (χ4n) is 3.03. The maximum absolute atomic E-state index is 13.8. The Morgan fingerprint density at radius 1 is 0.966 bits per heavy atom. The molecule has 0 aliphatic rings. The Kier molecular flexibility index (Phi) is 4.73. The van der Waals surface area contributed by atoms with E-state index in [1.165, 1.54) is 24.3 Å². The Labute approximate surface area is 165 Å². The normalized spacial score (nSPS) is 12.1. The first-order valence-corrected chi connectivity index (χ1v) is 10.1. The lowest BCUT2D eigenvalue weighted by atomic mass is 10.1. The van der Waals surface area contributed by atoms with Crippen LogP contribution in [-0.2, 0) is 10.0 Å². The zero-order valence-corrected chi connectivity index (χ0v) is 15.7. The van der Waals surface area contributed by atoms with E-state index < -0.39 is 21.7 Å². The summed E-state index contributed by atoms with van der Waals surface area (Å²) in [6, 6.07) is 15.1. The number of nitrogens with zero attached hydrogens (tertiary/aromatic N) is 1. The van der Waals surface area contributed by atoms with Gasteiger partial charge in [0.15, 0.2) is 0 Å². The molecule has 1 heterocycles. The molecular weight excluding hydrogens is 396 g/mol. The van der Waals surface area contributed by atoms with Crippen LogP contribution < -0.4 is 5.14 Å². The summed E-state index contributed by atoms with van der Waals surface area (Å²) in [5.74, 6) is -0.837. The van der Waals surface area contributed by atoms with Crippen LogP contribution in [0.5, 0.6) is 0 Å². The van der Waals surface area contributed by atoms with Crippen molar-refractivity contribution in [3.05, 3.63) is 83.7 Å². The minimum absolute atomic E-state index is 0.0331. The molecule has 4 aromatic rings. The number of fused-ring (bicyclic) bond motifs is 1. The van der Waals surface area contributed by atoms with E-state index in [1.54, 1.807) is 42.5 Å². The molecule has 146 valence electrons. The van der Waals surface area contributed by atoms with Crippen molar-refractivity contribution in [2.75, 3.05) is 0 Å². The minimum Gasteiger partial charge on any atom is -0.338 e. The highest BCUT2D eigenvalue weighted by Crippen LogP contribution is 2.29. The van der Waals surface area contributed by atoms with Crippen LogP contribution in [0.2, 0.25) is 0 Å². The first-order chi connectivity index (χ1) is 13.8. The summed E-state index contributed by atoms with van der Waals surface area (Å²) < 4.78 is 50.5. The molecule has 0 unspecified atom stereocenters. The number of aromatic nitrogens is 2. The first kappa shape index (κ1) is 19.0. The molecule has 0 bridgehead atoms. The van der Waals surface area contributed by atoms with Crippen molar-refractivity contribution in [3.8, 4) is 11.1 Å². The molecule has 1 aromatic heterocycles. The van der Waals surface area contributed by atoms with Gasteiger partial charge in [-0.15, -0.1) is 0 Å². The summed E-state index contributed by atoms with van der Waals surface area (Å²) in [7, 11) is -3.88. The summed E-state index contributed by atoms with van der Waals surface area (Å²) in [6.45, 7) is 0. The summed E-state index contributed by atoms with van der Waals surface area (Å²) >= 11 is 0. The number of halogens is 2. The topological polar surface area (TPSA) is 88.8 Å². The lowest BCUT2D eigenvalue weighted by Crippen LogP contribution is -2.13. The van der Waals surface area contributed by atoms with Gasteiger partial charge in [-0.2, -0.15) is 0 Å². The van der Waals surface area contributed by atoms with Gasteiger partial charge < -0.3 is 4.98 Å². The van der Waals surface area contributed by atoms with Gasteiger partial charge in [-0.3, -0.25) is 0 Å². The zero-order valence-electron chi connectivity index (χ0n) is 14.9. The first-order valence-electron chi connectivity index (χ1n) is 8.56. The Balaban J connectivity index is 1.72. The largest absolute Gasteiger partial charge is 0.338 e. The molecule has 0 radical (unpaired) electrons. The second kappa shape index (κ2) is 7.23. The third-order valence-corrected chi connectivity index (χ3v) is 5.36. The molecule has 3 N–H and O–H groups in total. The van der Waals surface area contributed by atoms with Crippen molar-refractivity contribution < 1.29 is 17.2 Å². The smallest absolute Gasteiger partial charge is 0.238 e. The van der Waals surface area contributed by atoms with Gasteiger partial charge in [0.2, 0.25) is 10.0 Å². The molecule has 29 heavy (non-hydrogen) atoms. The fraction of sp³-hybridized carbons (Fsp3) is 0. The van der Waals surface area contributed by atoms with Gasteiger partial charge in [0.25, 0.3) is 0 Å². The van der Waals surface area contributed by atoms with Gasteiger partial charge in [-0.05, 0) is 48.0 Å². The fourth-order valence-corrected chi connectivity index (χ4v) is 3.80. The molecule has 8 heteroatoms. The number of benzene rings is 3. The minimum atomic E-state index is -3.88. The van der Waals surface area contributed by atoms with Crippen LogP contribution in [0.25, 0.3) is 34.3 Å². The summed E-state index contributed by atoms with van der Waals surface area (Å²) in [6.07, 6.45) is 3.07. The maximum atomic E-state index is 13.8. The van der Waals surface area contributed by atoms with Crippen molar-refractivity contribution in [1.82, 2.24) is 9.97 Å².